The fourth-order valence-electron chi connectivity index (χ4n) is 2.31. The first kappa shape index (κ1) is 16.4. The van der Waals surface area contributed by atoms with E-state index < -0.39 is 20.5 Å². The molecular weight excluding hydrogens is 306 g/mol. The third-order valence-corrected chi connectivity index (χ3v) is 5.61. The van der Waals surface area contributed by atoms with Gasteiger partial charge < -0.3 is 10.2 Å². The lowest BCUT2D eigenvalue weighted by Crippen LogP contribution is -2.53. The van der Waals surface area contributed by atoms with E-state index in [4.69, 9.17) is 0 Å². The van der Waals surface area contributed by atoms with E-state index >= 15 is 0 Å². The number of rotatable bonds is 2. The quantitative estimate of drug-likeness (QED) is 0.667. The van der Waals surface area contributed by atoms with E-state index in [0.717, 1.165) is 5.56 Å². The Labute approximate surface area is 131 Å². The molecule has 1 N–H and O–H groups in total. The molecule has 7 nitrogen and oxygen atoms in total. The van der Waals surface area contributed by atoms with Crippen molar-refractivity contribution < 1.29 is 13.9 Å². The largest absolute Gasteiger partial charge is 0.322 e. The summed E-state index contributed by atoms with van der Waals surface area (Å²) in [4.78, 5) is 24.3. The second kappa shape index (κ2) is 6.04. The summed E-state index contributed by atoms with van der Waals surface area (Å²) in [7, 11) is -0.959. The van der Waals surface area contributed by atoms with Crippen LogP contribution in [0.15, 0.2) is 18.2 Å². The molecule has 1 saturated heterocycles. The van der Waals surface area contributed by atoms with Crippen LogP contribution >= 0.6 is 0 Å². The van der Waals surface area contributed by atoms with Crippen LogP contribution in [0.5, 0.6) is 0 Å². The summed E-state index contributed by atoms with van der Waals surface area (Å²) < 4.78 is 11.4. The van der Waals surface area contributed by atoms with E-state index in [9.17, 15) is 19.1 Å². The molecule has 1 fully saturated rings. The summed E-state index contributed by atoms with van der Waals surface area (Å²) in [6.07, 6.45) is 0. The zero-order valence-electron chi connectivity index (χ0n) is 12.8. The van der Waals surface area contributed by atoms with Gasteiger partial charge in [0.1, 0.15) is 0 Å². The van der Waals surface area contributed by atoms with Crippen molar-refractivity contribution in [1.82, 2.24) is 4.90 Å². The molecule has 120 valence electrons. The maximum Gasteiger partial charge on any atom is 0.321 e. The number of hydrogen-bond acceptors (Lipinski definition) is 4. The molecule has 1 atom stereocenters. The molecule has 0 radical (unpaired) electrons. The third kappa shape index (κ3) is 3.44. The standard InChI is InChI=1S/C14H19N3O4S/c1-10-4-5-11(17(19)20)8-12(10)15-13(18)16-6-7-22(21)14(2,3)9-16/h4-5,8H,6-7,9H2,1-3H3,(H,15,18)/t22-/m0/s1. The van der Waals surface area contributed by atoms with E-state index in [1.54, 1.807) is 17.9 Å². The predicted octanol–water partition coefficient (Wildman–Crippen LogP) is 2.28. The number of urea groups is 1. The Kier molecular flexibility index (Phi) is 4.50. The van der Waals surface area contributed by atoms with Crippen LogP contribution in [-0.4, -0.2) is 43.7 Å². The number of anilines is 1. The number of carbonyl (C=O) groups excluding carboxylic acids is 1. The molecule has 2 rings (SSSR count). The van der Waals surface area contributed by atoms with Gasteiger partial charge in [-0.05, 0) is 26.3 Å². The zero-order chi connectivity index (χ0) is 16.5. The normalized spacial score (nSPS) is 20.5. The highest BCUT2D eigenvalue weighted by Gasteiger charge is 2.35. The first-order chi connectivity index (χ1) is 10.2. The number of hydrogen-bond donors (Lipinski definition) is 1. The lowest BCUT2D eigenvalue weighted by Gasteiger charge is -2.37. The van der Waals surface area contributed by atoms with Crippen LogP contribution in [0.3, 0.4) is 0 Å². The maximum atomic E-state index is 12.3. The smallest absolute Gasteiger partial charge is 0.321 e. The van der Waals surface area contributed by atoms with Crippen molar-refractivity contribution in [3.8, 4) is 0 Å². The molecule has 1 aromatic rings. The van der Waals surface area contributed by atoms with Gasteiger partial charge in [0.15, 0.2) is 0 Å². The maximum absolute atomic E-state index is 12.3. The van der Waals surface area contributed by atoms with Crippen molar-refractivity contribution in [3.05, 3.63) is 33.9 Å². The molecule has 8 heteroatoms. The summed E-state index contributed by atoms with van der Waals surface area (Å²) in [5.74, 6) is 0.439. The Morgan fingerprint density at radius 1 is 1.45 bits per heavy atom. The van der Waals surface area contributed by atoms with Crippen LogP contribution in [0.25, 0.3) is 0 Å². The minimum atomic E-state index is -0.959. The van der Waals surface area contributed by atoms with Gasteiger partial charge in [-0.2, -0.15) is 0 Å². The molecule has 0 saturated carbocycles. The van der Waals surface area contributed by atoms with Crippen molar-refractivity contribution in [3.63, 3.8) is 0 Å². The second-order valence-electron chi connectivity index (χ2n) is 5.92. The van der Waals surface area contributed by atoms with Gasteiger partial charge in [0.25, 0.3) is 5.69 Å². The number of nitrogens with one attached hydrogen (secondary N) is 1. The lowest BCUT2D eigenvalue weighted by molar-refractivity contribution is -0.384. The molecular formula is C14H19N3O4S. The van der Waals surface area contributed by atoms with E-state index in [0.29, 0.717) is 24.5 Å². The average Bonchev–Trinajstić information content (AvgIpc) is 2.43. The van der Waals surface area contributed by atoms with Crippen molar-refractivity contribution in [2.45, 2.75) is 25.5 Å². The average molecular weight is 325 g/mol. The van der Waals surface area contributed by atoms with E-state index in [2.05, 4.69) is 5.32 Å². The van der Waals surface area contributed by atoms with Gasteiger partial charge >= 0.3 is 6.03 Å². The summed E-state index contributed by atoms with van der Waals surface area (Å²) in [5.41, 5.74) is 1.10. The Hall–Kier alpha value is -1.96. The SMILES string of the molecule is Cc1ccc([N+](=O)[O-])cc1NC(=O)N1CC[S@](=O)C(C)(C)C1. The molecule has 1 aromatic carbocycles. The van der Waals surface area contributed by atoms with Gasteiger partial charge in [-0.3, -0.25) is 14.3 Å². The van der Waals surface area contributed by atoms with Crippen LogP contribution in [0.1, 0.15) is 19.4 Å². The number of nitro benzene ring substituents is 1. The van der Waals surface area contributed by atoms with Crippen molar-refractivity contribution in [2.75, 3.05) is 24.2 Å². The number of nitrogens with zero attached hydrogens (tertiary/aromatic N) is 2. The molecule has 2 amide bonds. The second-order valence-corrected chi connectivity index (χ2v) is 8.12. The molecule has 1 aliphatic rings. The van der Waals surface area contributed by atoms with Crippen molar-refractivity contribution in [2.24, 2.45) is 0 Å². The van der Waals surface area contributed by atoms with Crippen molar-refractivity contribution in [1.29, 1.82) is 0 Å². The Balaban J connectivity index is 2.14. The first-order valence-electron chi connectivity index (χ1n) is 6.90. The molecule has 0 bridgehead atoms. The summed E-state index contributed by atoms with van der Waals surface area (Å²) >= 11 is 0. The van der Waals surface area contributed by atoms with Crippen LogP contribution in [0.2, 0.25) is 0 Å². The monoisotopic (exact) mass is 325 g/mol. The molecule has 0 unspecified atom stereocenters. The molecule has 22 heavy (non-hydrogen) atoms. The topological polar surface area (TPSA) is 92.6 Å². The number of carbonyl (C=O) groups is 1. The third-order valence-electron chi connectivity index (χ3n) is 3.70. The Morgan fingerprint density at radius 3 is 2.73 bits per heavy atom. The summed E-state index contributed by atoms with van der Waals surface area (Å²) in [5, 5.41) is 13.5. The van der Waals surface area contributed by atoms with E-state index in [-0.39, 0.29) is 11.7 Å². The van der Waals surface area contributed by atoms with Crippen LogP contribution < -0.4 is 5.32 Å². The van der Waals surface area contributed by atoms with Crippen molar-refractivity contribution >= 4 is 28.2 Å². The molecule has 0 spiro atoms. The minimum Gasteiger partial charge on any atom is -0.322 e. The zero-order valence-corrected chi connectivity index (χ0v) is 13.6. The molecule has 1 heterocycles. The highest BCUT2D eigenvalue weighted by Crippen LogP contribution is 2.24. The predicted molar refractivity (Wildman–Crippen MR) is 85.5 cm³/mol. The van der Waals surface area contributed by atoms with Gasteiger partial charge in [-0.1, -0.05) is 6.07 Å². The van der Waals surface area contributed by atoms with E-state index in [1.165, 1.54) is 12.1 Å². The number of amides is 2. The Morgan fingerprint density at radius 2 is 2.14 bits per heavy atom. The summed E-state index contributed by atoms with van der Waals surface area (Å²) in [6, 6.07) is 4.02. The van der Waals surface area contributed by atoms with Gasteiger partial charge in [-0.25, -0.2) is 4.79 Å². The lowest BCUT2D eigenvalue weighted by atomic mass is 10.1. The fraction of sp³-hybridized carbons (Fsp3) is 0.500. The number of non-ortho nitro benzene ring substituents is 1. The summed E-state index contributed by atoms with van der Waals surface area (Å²) in [6.45, 7) is 6.30. The molecule has 0 aliphatic carbocycles. The highest BCUT2D eigenvalue weighted by atomic mass is 32.2. The Bertz CT molecular complexity index is 645. The number of benzene rings is 1. The fourth-order valence-corrected chi connectivity index (χ4v) is 3.54. The number of nitro groups is 1. The van der Waals surface area contributed by atoms with E-state index in [1.807, 2.05) is 13.8 Å². The molecule has 0 aromatic heterocycles. The van der Waals surface area contributed by atoms with Gasteiger partial charge in [0.2, 0.25) is 0 Å². The molecule has 1 aliphatic heterocycles. The van der Waals surface area contributed by atoms with Gasteiger partial charge in [0, 0.05) is 41.8 Å². The van der Waals surface area contributed by atoms with Crippen LogP contribution in [-0.2, 0) is 10.8 Å². The number of aryl methyl sites for hydroxylation is 1. The highest BCUT2D eigenvalue weighted by molar-refractivity contribution is 7.86. The van der Waals surface area contributed by atoms with Gasteiger partial charge in [-0.15, -0.1) is 0 Å². The first-order valence-corrected chi connectivity index (χ1v) is 8.22. The van der Waals surface area contributed by atoms with Crippen LogP contribution in [0, 0.1) is 17.0 Å². The minimum absolute atomic E-state index is 0.0685. The van der Waals surface area contributed by atoms with Crippen LogP contribution in [0.4, 0.5) is 16.2 Å². The van der Waals surface area contributed by atoms with Gasteiger partial charge in [0.05, 0.1) is 15.4 Å².